The zero-order valence-corrected chi connectivity index (χ0v) is 12.7. The number of nitrogens with zero attached hydrogens (tertiary/aromatic N) is 2. The molecule has 0 aliphatic carbocycles. The van der Waals surface area contributed by atoms with Crippen LogP contribution in [0.15, 0.2) is 28.9 Å². The third-order valence-electron chi connectivity index (χ3n) is 2.99. The van der Waals surface area contributed by atoms with Crippen LogP contribution in [-0.2, 0) is 0 Å². The molecule has 2 rings (SSSR count). The smallest absolute Gasteiger partial charge is 0.131 e. The maximum Gasteiger partial charge on any atom is 0.131 e. The van der Waals surface area contributed by atoms with Gasteiger partial charge in [0.2, 0.25) is 0 Å². The van der Waals surface area contributed by atoms with Crippen molar-refractivity contribution in [2.45, 2.75) is 25.9 Å². The second kappa shape index (κ2) is 5.99. The molecule has 1 aromatic heterocycles. The van der Waals surface area contributed by atoms with Crippen molar-refractivity contribution in [2.75, 3.05) is 0 Å². The molecule has 0 saturated heterocycles. The fraction of sp³-hybridized carbons (Fsp3) is 0.308. The van der Waals surface area contributed by atoms with Gasteiger partial charge in [0, 0.05) is 17.7 Å². The maximum absolute atomic E-state index is 14.0. The highest BCUT2D eigenvalue weighted by Crippen LogP contribution is 2.31. The highest BCUT2D eigenvalue weighted by molar-refractivity contribution is 9.10. The van der Waals surface area contributed by atoms with Gasteiger partial charge < -0.3 is 0 Å². The fourth-order valence-corrected chi connectivity index (χ4v) is 2.59. The van der Waals surface area contributed by atoms with E-state index in [1.54, 1.807) is 10.9 Å². The Morgan fingerprint density at radius 2 is 2.05 bits per heavy atom. The molecule has 0 aliphatic heterocycles. The minimum Gasteiger partial charge on any atom is -0.271 e. The average molecular weight is 345 g/mol. The molecular weight excluding hydrogens is 330 g/mol. The molecular formula is C13H15BrF2N4. The van der Waals surface area contributed by atoms with Gasteiger partial charge in [-0.1, -0.05) is 6.07 Å². The van der Waals surface area contributed by atoms with Crippen LogP contribution in [0.5, 0.6) is 0 Å². The Morgan fingerprint density at radius 3 is 2.60 bits per heavy atom. The number of hydrazine groups is 1. The van der Waals surface area contributed by atoms with Gasteiger partial charge in [-0.05, 0) is 35.8 Å². The minimum absolute atomic E-state index is 0.0793. The minimum atomic E-state index is -0.656. The first kappa shape index (κ1) is 15.1. The van der Waals surface area contributed by atoms with E-state index in [1.807, 2.05) is 13.8 Å². The quantitative estimate of drug-likeness (QED) is 0.662. The van der Waals surface area contributed by atoms with Gasteiger partial charge in [0.1, 0.15) is 11.6 Å². The van der Waals surface area contributed by atoms with Gasteiger partial charge in [-0.2, -0.15) is 5.10 Å². The third kappa shape index (κ3) is 2.74. The molecule has 0 saturated carbocycles. The van der Waals surface area contributed by atoms with E-state index in [0.29, 0.717) is 10.2 Å². The van der Waals surface area contributed by atoms with Crippen LogP contribution in [0, 0.1) is 11.6 Å². The van der Waals surface area contributed by atoms with E-state index in [4.69, 9.17) is 5.84 Å². The van der Waals surface area contributed by atoms with Gasteiger partial charge in [0.25, 0.3) is 0 Å². The second-order valence-corrected chi connectivity index (χ2v) is 5.54. The average Bonchev–Trinajstić information content (AvgIpc) is 2.75. The highest BCUT2D eigenvalue weighted by Gasteiger charge is 2.24. The zero-order chi connectivity index (χ0) is 14.9. The highest BCUT2D eigenvalue weighted by atomic mass is 79.9. The van der Waals surface area contributed by atoms with Crippen molar-refractivity contribution in [1.82, 2.24) is 15.2 Å². The van der Waals surface area contributed by atoms with E-state index in [9.17, 15) is 8.78 Å². The normalized spacial score (nSPS) is 12.9. The molecule has 0 aliphatic rings. The van der Waals surface area contributed by atoms with Crippen molar-refractivity contribution in [3.63, 3.8) is 0 Å². The zero-order valence-electron chi connectivity index (χ0n) is 11.1. The Labute approximate surface area is 124 Å². The molecule has 0 radical (unpaired) electrons. The molecule has 0 spiro atoms. The molecule has 1 atom stereocenters. The standard InChI is InChI=1S/C13H15BrF2N4/c1-7(2)20-13(10(14)6-18-20)12(19-17)9-4-3-8(15)5-11(9)16/h3-7,12,19H,17H2,1-2H3. The fourth-order valence-electron chi connectivity index (χ4n) is 2.08. The molecule has 0 fully saturated rings. The SMILES string of the molecule is CC(C)n1ncc(Br)c1C(NN)c1ccc(F)cc1F. The van der Waals surface area contributed by atoms with Crippen LogP contribution in [0.1, 0.15) is 37.2 Å². The summed E-state index contributed by atoms with van der Waals surface area (Å²) >= 11 is 3.39. The summed E-state index contributed by atoms with van der Waals surface area (Å²) in [6.45, 7) is 3.91. The van der Waals surface area contributed by atoms with Crippen LogP contribution >= 0.6 is 15.9 Å². The summed E-state index contributed by atoms with van der Waals surface area (Å²) < 4.78 is 29.4. The number of aromatic nitrogens is 2. The number of hydrogen-bond acceptors (Lipinski definition) is 3. The van der Waals surface area contributed by atoms with Crippen LogP contribution in [0.3, 0.4) is 0 Å². The number of halogens is 3. The summed E-state index contributed by atoms with van der Waals surface area (Å²) in [5.41, 5.74) is 3.51. The number of rotatable bonds is 4. The van der Waals surface area contributed by atoms with Crippen LogP contribution in [0.4, 0.5) is 8.78 Å². The summed E-state index contributed by atoms with van der Waals surface area (Å²) in [7, 11) is 0. The van der Waals surface area contributed by atoms with E-state index in [0.717, 1.165) is 6.07 Å². The van der Waals surface area contributed by atoms with E-state index in [2.05, 4.69) is 26.5 Å². The topological polar surface area (TPSA) is 55.9 Å². The monoisotopic (exact) mass is 344 g/mol. The molecule has 0 bridgehead atoms. The molecule has 108 valence electrons. The van der Waals surface area contributed by atoms with Gasteiger partial charge in [0.15, 0.2) is 0 Å². The van der Waals surface area contributed by atoms with Gasteiger partial charge in [0.05, 0.1) is 22.4 Å². The molecule has 4 nitrogen and oxygen atoms in total. The van der Waals surface area contributed by atoms with Crippen LogP contribution < -0.4 is 11.3 Å². The molecule has 1 heterocycles. The van der Waals surface area contributed by atoms with E-state index in [-0.39, 0.29) is 11.6 Å². The molecule has 3 N–H and O–H groups in total. The van der Waals surface area contributed by atoms with Crippen molar-refractivity contribution in [3.8, 4) is 0 Å². The van der Waals surface area contributed by atoms with E-state index < -0.39 is 17.7 Å². The van der Waals surface area contributed by atoms with Crippen molar-refractivity contribution in [2.24, 2.45) is 5.84 Å². The van der Waals surface area contributed by atoms with Crippen LogP contribution in [-0.4, -0.2) is 9.78 Å². The Hall–Kier alpha value is -1.31. The molecule has 1 aromatic carbocycles. The first-order valence-electron chi connectivity index (χ1n) is 6.09. The van der Waals surface area contributed by atoms with Crippen LogP contribution in [0.25, 0.3) is 0 Å². The predicted octanol–water partition coefficient (Wildman–Crippen LogP) is 3.06. The number of nitrogens with two attached hydrogens (primary N) is 1. The largest absolute Gasteiger partial charge is 0.271 e. The second-order valence-electron chi connectivity index (χ2n) is 4.68. The van der Waals surface area contributed by atoms with Crippen molar-refractivity contribution >= 4 is 15.9 Å². The van der Waals surface area contributed by atoms with Gasteiger partial charge in [-0.15, -0.1) is 0 Å². The predicted molar refractivity (Wildman–Crippen MR) is 75.8 cm³/mol. The Morgan fingerprint density at radius 1 is 1.35 bits per heavy atom. The number of benzene rings is 1. The van der Waals surface area contributed by atoms with Crippen LogP contribution in [0.2, 0.25) is 0 Å². The van der Waals surface area contributed by atoms with Crippen molar-refractivity contribution in [1.29, 1.82) is 0 Å². The number of nitrogens with one attached hydrogen (secondary N) is 1. The maximum atomic E-state index is 14.0. The molecule has 20 heavy (non-hydrogen) atoms. The summed E-state index contributed by atoms with van der Waals surface area (Å²) in [5.74, 6) is 4.29. The lowest BCUT2D eigenvalue weighted by molar-refractivity contribution is 0.464. The number of hydrogen-bond donors (Lipinski definition) is 2. The van der Waals surface area contributed by atoms with Crippen molar-refractivity contribution < 1.29 is 8.78 Å². The lowest BCUT2D eigenvalue weighted by atomic mass is 10.0. The summed E-state index contributed by atoms with van der Waals surface area (Å²) in [6, 6.07) is 2.86. The molecule has 2 aromatic rings. The Balaban J connectivity index is 2.55. The summed E-state index contributed by atoms with van der Waals surface area (Å²) in [5, 5.41) is 4.23. The Bertz CT molecular complexity index is 612. The van der Waals surface area contributed by atoms with Gasteiger partial charge in [-0.25, -0.2) is 14.2 Å². The van der Waals surface area contributed by atoms with E-state index in [1.165, 1.54) is 12.1 Å². The summed E-state index contributed by atoms with van der Waals surface area (Å²) in [6.07, 6.45) is 1.63. The molecule has 1 unspecified atom stereocenters. The first-order valence-corrected chi connectivity index (χ1v) is 6.89. The first-order chi connectivity index (χ1) is 9.45. The summed E-state index contributed by atoms with van der Waals surface area (Å²) in [4.78, 5) is 0. The molecule has 7 heteroatoms. The lowest BCUT2D eigenvalue weighted by Gasteiger charge is -2.21. The lowest BCUT2D eigenvalue weighted by Crippen LogP contribution is -2.32. The van der Waals surface area contributed by atoms with Gasteiger partial charge >= 0.3 is 0 Å². The molecule has 0 amide bonds. The van der Waals surface area contributed by atoms with Crippen molar-refractivity contribution in [3.05, 3.63) is 51.8 Å². The third-order valence-corrected chi connectivity index (χ3v) is 3.60. The van der Waals surface area contributed by atoms with E-state index >= 15 is 0 Å². The Kier molecular flexibility index (Phi) is 4.52. The van der Waals surface area contributed by atoms with Gasteiger partial charge in [-0.3, -0.25) is 10.5 Å².